The van der Waals surface area contributed by atoms with Crippen LogP contribution in [0.1, 0.15) is 0 Å². The zero-order valence-electron chi connectivity index (χ0n) is 11.4. The number of rotatable bonds is 4. The number of halogens is 3. The quantitative estimate of drug-likeness (QED) is 0.846. The topological polar surface area (TPSA) is 70.0 Å². The highest BCUT2D eigenvalue weighted by molar-refractivity contribution is 7.95. The molecular weight excluding hydrogens is 346 g/mol. The maximum atomic E-state index is 13.1. The van der Waals surface area contributed by atoms with Gasteiger partial charge in [-0.3, -0.25) is 0 Å². The summed E-state index contributed by atoms with van der Waals surface area (Å²) in [5, 5.41) is 11.9. The second-order valence-corrected chi connectivity index (χ2v) is 6.71. The fourth-order valence-corrected chi connectivity index (χ4v) is 2.85. The average Bonchev–Trinajstić information content (AvgIpc) is 2.51. The molecule has 0 heterocycles. The van der Waals surface area contributed by atoms with Crippen molar-refractivity contribution in [2.45, 2.75) is 4.90 Å². The van der Waals surface area contributed by atoms with Gasteiger partial charge >= 0.3 is 0 Å². The number of sulfone groups is 1. The van der Waals surface area contributed by atoms with Crippen LogP contribution in [0.3, 0.4) is 0 Å². The lowest BCUT2D eigenvalue weighted by molar-refractivity contribution is 0.509. The smallest absolute Gasteiger partial charge is 0.218 e. The molecule has 8 heteroatoms. The minimum absolute atomic E-state index is 0.1000. The molecule has 2 aromatic rings. The fourth-order valence-electron chi connectivity index (χ4n) is 1.65. The molecule has 0 aliphatic rings. The van der Waals surface area contributed by atoms with Gasteiger partial charge in [-0.25, -0.2) is 17.2 Å². The van der Waals surface area contributed by atoms with Gasteiger partial charge in [-0.2, -0.15) is 5.26 Å². The Bertz CT molecular complexity index is 904. The van der Waals surface area contributed by atoms with E-state index in [9.17, 15) is 17.2 Å². The summed E-state index contributed by atoms with van der Waals surface area (Å²) in [6.45, 7) is 0. The van der Waals surface area contributed by atoms with Gasteiger partial charge < -0.3 is 5.32 Å². The first-order chi connectivity index (χ1) is 10.8. The van der Waals surface area contributed by atoms with E-state index in [1.54, 1.807) is 6.07 Å². The Hall–Kier alpha value is -2.43. The SMILES string of the molecule is N#C/C(=C/Nc1ccc(F)c(F)c1)S(=O)(=O)c1ccc(Cl)cc1. The van der Waals surface area contributed by atoms with Crippen molar-refractivity contribution in [3.05, 3.63) is 70.2 Å². The molecule has 0 bridgehead atoms. The van der Waals surface area contributed by atoms with Crippen molar-refractivity contribution in [1.82, 2.24) is 0 Å². The van der Waals surface area contributed by atoms with Crippen molar-refractivity contribution < 1.29 is 17.2 Å². The predicted molar refractivity (Wildman–Crippen MR) is 82.3 cm³/mol. The Labute approximate surface area is 136 Å². The van der Waals surface area contributed by atoms with Gasteiger partial charge in [0.25, 0.3) is 0 Å². The Kier molecular flexibility index (Phi) is 4.98. The molecule has 0 fully saturated rings. The van der Waals surface area contributed by atoms with Crippen molar-refractivity contribution in [1.29, 1.82) is 5.26 Å². The Morgan fingerprint density at radius 3 is 2.35 bits per heavy atom. The molecule has 4 nitrogen and oxygen atoms in total. The maximum Gasteiger partial charge on any atom is 0.218 e. The number of nitrogens with zero attached hydrogens (tertiary/aromatic N) is 1. The standard InChI is InChI=1S/C15H9ClF2N2O2S/c16-10-1-4-12(5-2-10)23(21,22)13(8-19)9-20-11-3-6-14(17)15(18)7-11/h1-7,9,20H/b13-9-. The molecule has 1 N–H and O–H groups in total. The van der Waals surface area contributed by atoms with Crippen LogP contribution in [0.4, 0.5) is 14.5 Å². The van der Waals surface area contributed by atoms with Gasteiger partial charge in [0.05, 0.1) is 4.90 Å². The van der Waals surface area contributed by atoms with E-state index in [-0.39, 0.29) is 10.6 Å². The van der Waals surface area contributed by atoms with Gasteiger partial charge in [-0.1, -0.05) is 11.6 Å². The summed E-state index contributed by atoms with van der Waals surface area (Å²) >= 11 is 5.69. The normalized spacial score (nSPS) is 11.8. The van der Waals surface area contributed by atoms with Crippen molar-refractivity contribution in [3.63, 3.8) is 0 Å². The van der Waals surface area contributed by atoms with E-state index in [0.717, 1.165) is 18.3 Å². The van der Waals surface area contributed by atoms with Crippen molar-refractivity contribution >= 4 is 27.1 Å². The lowest BCUT2D eigenvalue weighted by Crippen LogP contribution is -2.05. The summed E-state index contributed by atoms with van der Waals surface area (Å²) in [4.78, 5) is -0.689. The summed E-state index contributed by atoms with van der Waals surface area (Å²) in [6, 6.07) is 9.78. The van der Waals surface area contributed by atoms with Crippen LogP contribution in [0.15, 0.2) is 58.5 Å². The van der Waals surface area contributed by atoms with Crippen molar-refractivity contribution in [2.75, 3.05) is 5.32 Å². The summed E-state index contributed by atoms with van der Waals surface area (Å²) < 4.78 is 50.5. The largest absolute Gasteiger partial charge is 0.360 e. The molecule has 0 saturated heterocycles. The third-order valence-electron chi connectivity index (χ3n) is 2.81. The van der Waals surface area contributed by atoms with Crippen LogP contribution in [0, 0.1) is 23.0 Å². The Morgan fingerprint density at radius 2 is 1.78 bits per heavy atom. The first-order valence-corrected chi connectivity index (χ1v) is 8.03. The molecule has 0 amide bonds. The summed E-state index contributed by atoms with van der Waals surface area (Å²) in [5.41, 5.74) is 0.1000. The van der Waals surface area contributed by atoms with Gasteiger partial charge in [0.1, 0.15) is 6.07 Å². The third kappa shape index (κ3) is 3.86. The van der Waals surface area contributed by atoms with Gasteiger partial charge in [0.2, 0.25) is 9.84 Å². The number of hydrogen-bond acceptors (Lipinski definition) is 4. The van der Waals surface area contributed by atoms with Crippen LogP contribution in [0.25, 0.3) is 0 Å². The van der Waals surface area contributed by atoms with E-state index in [2.05, 4.69) is 5.32 Å². The van der Waals surface area contributed by atoms with E-state index >= 15 is 0 Å². The van der Waals surface area contributed by atoms with Crippen LogP contribution in [0.2, 0.25) is 5.02 Å². The number of allylic oxidation sites excluding steroid dienone is 1. The molecule has 0 aliphatic heterocycles. The zero-order valence-corrected chi connectivity index (χ0v) is 13.0. The van der Waals surface area contributed by atoms with Crippen LogP contribution in [-0.4, -0.2) is 8.42 Å². The fraction of sp³-hybridized carbons (Fsp3) is 0. The first-order valence-electron chi connectivity index (χ1n) is 6.17. The summed E-state index contributed by atoms with van der Waals surface area (Å²) in [6.07, 6.45) is 0.913. The molecule has 2 aromatic carbocycles. The minimum Gasteiger partial charge on any atom is -0.360 e. The Balaban J connectivity index is 2.32. The maximum absolute atomic E-state index is 13.1. The van der Waals surface area contributed by atoms with Crippen LogP contribution < -0.4 is 5.32 Å². The number of nitrogens with one attached hydrogen (secondary N) is 1. The number of anilines is 1. The van der Waals surface area contributed by atoms with Gasteiger partial charge in [-0.15, -0.1) is 0 Å². The average molecular weight is 355 g/mol. The molecule has 0 unspecified atom stereocenters. The highest BCUT2D eigenvalue weighted by Gasteiger charge is 2.20. The van der Waals surface area contributed by atoms with Gasteiger partial charge in [0, 0.05) is 23.0 Å². The van der Waals surface area contributed by atoms with E-state index in [4.69, 9.17) is 16.9 Å². The molecule has 0 aromatic heterocycles. The minimum atomic E-state index is -4.05. The number of nitriles is 1. The zero-order chi connectivity index (χ0) is 17.0. The highest BCUT2D eigenvalue weighted by atomic mass is 35.5. The predicted octanol–water partition coefficient (Wildman–Crippen LogP) is 3.87. The second kappa shape index (κ2) is 6.77. The molecule has 0 radical (unpaired) electrons. The first kappa shape index (κ1) is 16.9. The second-order valence-electron chi connectivity index (χ2n) is 4.35. The Morgan fingerprint density at radius 1 is 1.13 bits per heavy atom. The molecule has 23 heavy (non-hydrogen) atoms. The highest BCUT2D eigenvalue weighted by Crippen LogP contribution is 2.21. The number of benzene rings is 2. The molecule has 118 valence electrons. The summed E-state index contributed by atoms with van der Waals surface area (Å²) in [5.74, 6) is -2.13. The monoisotopic (exact) mass is 354 g/mol. The van der Waals surface area contributed by atoms with Gasteiger partial charge in [0.15, 0.2) is 16.5 Å². The third-order valence-corrected chi connectivity index (χ3v) is 4.75. The van der Waals surface area contributed by atoms with Crippen molar-refractivity contribution in [2.24, 2.45) is 0 Å². The van der Waals surface area contributed by atoms with E-state index < -0.39 is 26.4 Å². The molecule has 0 aliphatic carbocycles. The lowest BCUT2D eigenvalue weighted by Gasteiger charge is -2.05. The van der Waals surface area contributed by atoms with E-state index in [1.807, 2.05) is 0 Å². The molecular formula is C15H9ClF2N2O2S. The molecule has 0 saturated carbocycles. The van der Waals surface area contributed by atoms with E-state index in [1.165, 1.54) is 30.3 Å². The van der Waals surface area contributed by atoms with Crippen LogP contribution >= 0.6 is 11.6 Å². The summed E-state index contributed by atoms with van der Waals surface area (Å²) in [7, 11) is -4.05. The number of hydrogen-bond donors (Lipinski definition) is 1. The van der Waals surface area contributed by atoms with Crippen molar-refractivity contribution in [3.8, 4) is 6.07 Å². The lowest BCUT2D eigenvalue weighted by atomic mass is 10.3. The molecule has 0 spiro atoms. The van der Waals surface area contributed by atoms with Crippen LogP contribution in [-0.2, 0) is 9.84 Å². The molecule has 2 rings (SSSR count). The molecule has 0 atom stereocenters. The van der Waals surface area contributed by atoms with Crippen LogP contribution in [0.5, 0.6) is 0 Å². The van der Waals surface area contributed by atoms with Gasteiger partial charge in [-0.05, 0) is 36.4 Å². The van der Waals surface area contributed by atoms with E-state index in [0.29, 0.717) is 5.02 Å².